The summed E-state index contributed by atoms with van der Waals surface area (Å²) in [6.45, 7) is 1.55. The third kappa shape index (κ3) is 4.17. The van der Waals surface area contributed by atoms with E-state index in [0.29, 0.717) is 12.3 Å². The fourth-order valence-electron chi connectivity index (χ4n) is 5.41. The Bertz CT molecular complexity index is 1190. The lowest BCUT2D eigenvalue weighted by molar-refractivity contribution is -0.149. The molecule has 0 aromatic heterocycles. The Morgan fingerprint density at radius 3 is 2.56 bits per heavy atom. The first-order valence-electron chi connectivity index (χ1n) is 11.8. The lowest BCUT2D eigenvalue weighted by Gasteiger charge is -2.36. The number of carbonyl (C=O) groups excluding carboxylic acids is 3. The topological polar surface area (TPSA) is 94.2 Å². The van der Waals surface area contributed by atoms with E-state index < -0.39 is 29.6 Å². The first-order chi connectivity index (χ1) is 17.4. The van der Waals surface area contributed by atoms with E-state index in [2.05, 4.69) is 27.9 Å². The van der Waals surface area contributed by atoms with E-state index in [9.17, 15) is 14.4 Å². The Morgan fingerprint density at radius 1 is 1.17 bits per heavy atom. The van der Waals surface area contributed by atoms with Crippen molar-refractivity contribution in [3.63, 3.8) is 0 Å². The van der Waals surface area contributed by atoms with Gasteiger partial charge >= 0.3 is 5.97 Å². The number of hydrogen-bond donors (Lipinski definition) is 1. The Hall–Kier alpha value is -2.92. The van der Waals surface area contributed by atoms with E-state index in [-0.39, 0.29) is 28.4 Å². The van der Waals surface area contributed by atoms with Crippen molar-refractivity contribution in [3.05, 3.63) is 77.9 Å². The van der Waals surface area contributed by atoms with Gasteiger partial charge in [0.1, 0.15) is 24.0 Å². The number of hydrogen-bond acceptors (Lipinski definition) is 6. The second-order valence-corrected chi connectivity index (χ2v) is 10.6. The van der Waals surface area contributed by atoms with E-state index in [1.54, 1.807) is 24.1 Å². The van der Waals surface area contributed by atoms with Crippen molar-refractivity contribution in [2.45, 2.75) is 41.2 Å². The zero-order chi connectivity index (χ0) is 25.4. The predicted octanol–water partition coefficient (Wildman–Crippen LogP) is 2.95. The van der Waals surface area contributed by atoms with Crippen LogP contribution in [0.5, 0.6) is 5.75 Å². The highest BCUT2D eigenvalue weighted by Crippen LogP contribution is 2.56. The fourth-order valence-corrected chi connectivity index (χ4v) is 6.67. The molecule has 1 N–H and O–H groups in total. The highest BCUT2D eigenvalue weighted by atomic mass is 127. The molecule has 2 saturated heterocycles. The summed E-state index contributed by atoms with van der Waals surface area (Å²) in [7, 11) is 1.57. The number of ether oxygens (including phenoxy) is 3. The largest absolute Gasteiger partial charge is 0.497 e. The number of carbonyl (C=O) groups is 3. The van der Waals surface area contributed by atoms with Crippen molar-refractivity contribution >= 4 is 40.4 Å². The van der Waals surface area contributed by atoms with Crippen LogP contribution in [0.15, 0.2) is 66.7 Å². The molecule has 0 unspecified atom stereocenters. The molecular formula is C27H27IN2O6. The standard InChI is InChI=1S/C27H27IN2O6/c1-16(31)35-15-20(18-8-10-19(34-2)11-9-18)30-24(25(32)29-14-17-6-4-3-5-7-17)27-13-12-21(36-27)23(28)22(27)26(30)33/h3-13,20-24H,14-15H2,1-2H3,(H,29,32)/t20-,21+,22-,23-,24+,27+/m0/s1. The van der Waals surface area contributed by atoms with Gasteiger partial charge in [0.2, 0.25) is 11.8 Å². The SMILES string of the molecule is COc1ccc([C@H](COC(C)=O)N2C(=O)[C@@H]3[C@@H](I)[C@H]4C=C[C@]3(O4)[C@H]2C(=O)NCc2ccccc2)cc1. The van der Waals surface area contributed by atoms with E-state index >= 15 is 0 Å². The Balaban J connectivity index is 1.53. The zero-order valence-corrected chi connectivity index (χ0v) is 22.1. The zero-order valence-electron chi connectivity index (χ0n) is 19.9. The summed E-state index contributed by atoms with van der Waals surface area (Å²) in [5.41, 5.74) is 0.600. The molecule has 6 atom stereocenters. The van der Waals surface area contributed by atoms with Crippen LogP contribution in [0.4, 0.5) is 0 Å². The van der Waals surface area contributed by atoms with Crippen LogP contribution in [-0.2, 0) is 30.4 Å². The molecule has 2 fully saturated rings. The van der Waals surface area contributed by atoms with Crippen molar-refractivity contribution in [2.24, 2.45) is 5.92 Å². The molecule has 0 saturated carbocycles. The summed E-state index contributed by atoms with van der Waals surface area (Å²) in [5, 5.41) is 3.01. The number of benzene rings is 2. The summed E-state index contributed by atoms with van der Waals surface area (Å²) in [5.74, 6) is -0.824. The van der Waals surface area contributed by atoms with Crippen LogP contribution in [0.3, 0.4) is 0 Å². The fraction of sp³-hybridized carbons (Fsp3) is 0.370. The average molecular weight is 602 g/mol. The van der Waals surface area contributed by atoms with Crippen molar-refractivity contribution in [1.82, 2.24) is 10.2 Å². The minimum absolute atomic E-state index is 0.0856. The van der Waals surface area contributed by atoms with E-state index in [1.165, 1.54) is 6.92 Å². The summed E-state index contributed by atoms with van der Waals surface area (Å²) < 4.78 is 16.9. The molecule has 5 rings (SSSR count). The van der Waals surface area contributed by atoms with Gasteiger partial charge in [-0.05, 0) is 23.3 Å². The molecule has 2 bridgehead atoms. The van der Waals surface area contributed by atoms with E-state index in [0.717, 1.165) is 11.1 Å². The van der Waals surface area contributed by atoms with Gasteiger partial charge < -0.3 is 24.4 Å². The second-order valence-electron chi connectivity index (χ2n) is 9.16. The number of halogens is 1. The van der Waals surface area contributed by atoms with Crippen molar-refractivity contribution in [2.75, 3.05) is 13.7 Å². The summed E-state index contributed by atoms with van der Waals surface area (Å²) in [4.78, 5) is 41.2. The number of rotatable bonds is 8. The second kappa shape index (κ2) is 9.85. The molecule has 3 aliphatic rings. The van der Waals surface area contributed by atoms with Crippen LogP contribution in [0.1, 0.15) is 24.1 Å². The first-order valence-corrected chi connectivity index (χ1v) is 13.0. The van der Waals surface area contributed by atoms with Crippen molar-refractivity contribution < 1.29 is 28.6 Å². The van der Waals surface area contributed by atoms with Gasteiger partial charge in [-0.1, -0.05) is 77.2 Å². The average Bonchev–Trinajstić information content (AvgIpc) is 3.51. The first kappa shape index (κ1) is 24.8. The maximum Gasteiger partial charge on any atom is 0.302 e. The Labute approximate surface area is 223 Å². The molecule has 36 heavy (non-hydrogen) atoms. The number of nitrogens with one attached hydrogen (secondary N) is 1. The third-order valence-corrected chi connectivity index (χ3v) is 8.50. The molecule has 1 spiro atoms. The molecule has 3 aliphatic heterocycles. The molecule has 2 aromatic rings. The summed E-state index contributed by atoms with van der Waals surface area (Å²) in [6, 6.07) is 15.2. The molecule has 9 heteroatoms. The van der Waals surface area contributed by atoms with Gasteiger partial charge in [0.25, 0.3) is 0 Å². The van der Waals surface area contributed by atoms with Crippen molar-refractivity contribution in [3.8, 4) is 5.75 Å². The predicted molar refractivity (Wildman–Crippen MR) is 139 cm³/mol. The quantitative estimate of drug-likeness (QED) is 0.216. The van der Waals surface area contributed by atoms with Crippen LogP contribution in [0.25, 0.3) is 0 Å². The van der Waals surface area contributed by atoms with Gasteiger partial charge in [0, 0.05) is 13.5 Å². The Kier molecular flexibility index (Phi) is 6.78. The van der Waals surface area contributed by atoms with Crippen LogP contribution in [0, 0.1) is 5.92 Å². The molecule has 0 aliphatic carbocycles. The van der Waals surface area contributed by atoms with Gasteiger partial charge in [-0.3, -0.25) is 14.4 Å². The number of methoxy groups -OCH3 is 1. The monoisotopic (exact) mass is 602 g/mol. The minimum atomic E-state index is -1.07. The van der Waals surface area contributed by atoms with E-state index in [1.807, 2.05) is 54.6 Å². The number of likely N-dealkylation sites (tertiary alicyclic amines) is 1. The maximum absolute atomic E-state index is 14.0. The molecule has 2 amide bonds. The van der Waals surface area contributed by atoms with Gasteiger partial charge in [-0.25, -0.2) is 0 Å². The van der Waals surface area contributed by atoms with E-state index in [4.69, 9.17) is 14.2 Å². The highest BCUT2D eigenvalue weighted by molar-refractivity contribution is 14.1. The van der Waals surface area contributed by atoms with Gasteiger partial charge in [0.05, 0.1) is 29.1 Å². The van der Waals surface area contributed by atoms with Crippen LogP contribution >= 0.6 is 22.6 Å². The maximum atomic E-state index is 14.0. The normalized spacial score (nSPS) is 28.6. The number of amides is 2. The smallest absolute Gasteiger partial charge is 0.302 e. The lowest BCUT2D eigenvalue weighted by atomic mass is 9.81. The van der Waals surface area contributed by atoms with Gasteiger partial charge in [-0.15, -0.1) is 0 Å². The molecule has 188 valence electrons. The van der Waals surface area contributed by atoms with Crippen LogP contribution < -0.4 is 10.1 Å². The number of alkyl halides is 1. The lowest BCUT2D eigenvalue weighted by Crippen LogP contribution is -2.55. The third-order valence-electron chi connectivity index (χ3n) is 7.07. The number of nitrogens with zero attached hydrogens (tertiary/aromatic N) is 1. The van der Waals surface area contributed by atoms with Gasteiger partial charge in [-0.2, -0.15) is 0 Å². The molecular weight excluding hydrogens is 575 g/mol. The van der Waals surface area contributed by atoms with Crippen molar-refractivity contribution in [1.29, 1.82) is 0 Å². The Morgan fingerprint density at radius 2 is 1.89 bits per heavy atom. The van der Waals surface area contributed by atoms with Gasteiger partial charge in [0.15, 0.2) is 0 Å². The molecule has 0 radical (unpaired) electrons. The minimum Gasteiger partial charge on any atom is -0.497 e. The molecule has 2 aromatic carbocycles. The van der Waals surface area contributed by atoms with Crippen LogP contribution in [0.2, 0.25) is 0 Å². The number of fused-ring (bicyclic) bond motifs is 1. The highest BCUT2D eigenvalue weighted by Gasteiger charge is 2.71. The number of esters is 1. The summed E-state index contributed by atoms with van der Waals surface area (Å²) in [6.07, 6.45) is 3.59. The summed E-state index contributed by atoms with van der Waals surface area (Å²) >= 11 is 2.25. The van der Waals surface area contributed by atoms with Crippen LogP contribution in [-0.4, -0.2) is 58.1 Å². The molecule has 3 heterocycles. The molecule has 8 nitrogen and oxygen atoms in total.